The van der Waals surface area contributed by atoms with Crippen LogP contribution in [0.1, 0.15) is 44.3 Å². The average molecular weight is 321 g/mol. The van der Waals surface area contributed by atoms with Gasteiger partial charge in [-0.1, -0.05) is 6.07 Å². The number of ether oxygens (including phenoxy) is 3. The van der Waals surface area contributed by atoms with E-state index in [2.05, 4.69) is 5.32 Å². The van der Waals surface area contributed by atoms with Gasteiger partial charge in [0.05, 0.1) is 18.2 Å². The van der Waals surface area contributed by atoms with Crippen molar-refractivity contribution in [1.29, 1.82) is 0 Å². The third kappa shape index (κ3) is 3.95. The lowest BCUT2D eigenvalue weighted by Crippen LogP contribution is -2.37. The number of amides is 1. The number of carbonyl (C=O) groups is 1. The van der Waals surface area contributed by atoms with Gasteiger partial charge in [0.2, 0.25) is 12.7 Å². The van der Waals surface area contributed by atoms with Gasteiger partial charge in [0.15, 0.2) is 11.5 Å². The van der Waals surface area contributed by atoms with Crippen LogP contribution in [0.4, 0.5) is 0 Å². The first-order valence-corrected chi connectivity index (χ1v) is 8.12. The molecule has 2 aliphatic rings. The van der Waals surface area contributed by atoms with Crippen LogP contribution in [0.15, 0.2) is 18.2 Å². The second-order valence-electron chi connectivity index (χ2n) is 6.09. The summed E-state index contributed by atoms with van der Waals surface area (Å²) in [5.74, 6) is 1.24. The fourth-order valence-electron chi connectivity index (χ4n) is 2.95. The normalized spacial score (nSPS) is 21.9. The van der Waals surface area contributed by atoms with E-state index >= 15 is 0 Å². The number of aliphatic hydroxyl groups is 1. The summed E-state index contributed by atoms with van der Waals surface area (Å²) in [7, 11) is 0. The summed E-state index contributed by atoms with van der Waals surface area (Å²) in [6, 6.07) is 4.93. The molecule has 3 rings (SSSR count). The summed E-state index contributed by atoms with van der Waals surface area (Å²) in [5.41, 5.74) is 0.696. The summed E-state index contributed by atoms with van der Waals surface area (Å²) in [6.07, 6.45) is 2.67. The van der Waals surface area contributed by atoms with E-state index in [-0.39, 0.29) is 24.8 Å². The quantitative estimate of drug-likeness (QED) is 0.837. The van der Waals surface area contributed by atoms with E-state index in [0.717, 1.165) is 25.9 Å². The van der Waals surface area contributed by atoms with Gasteiger partial charge in [-0.25, -0.2) is 0 Å². The fourth-order valence-corrected chi connectivity index (χ4v) is 2.95. The first kappa shape index (κ1) is 16.1. The van der Waals surface area contributed by atoms with Crippen LogP contribution in [0.25, 0.3) is 0 Å². The minimum Gasteiger partial charge on any atom is -0.454 e. The van der Waals surface area contributed by atoms with E-state index in [4.69, 9.17) is 14.2 Å². The topological polar surface area (TPSA) is 77.0 Å². The highest BCUT2D eigenvalue weighted by atomic mass is 16.7. The molecule has 2 aliphatic heterocycles. The minimum absolute atomic E-state index is 0.0622. The average Bonchev–Trinajstić information content (AvgIpc) is 3.22. The predicted molar refractivity (Wildman–Crippen MR) is 83.3 cm³/mol. The molecule has 0 unspecified atom stereocenters. The highest BCUT2D eigenvalue weighted by molar-refractivity contribution is 5.76. The first-order chi connectivity index (χ1) is 11.1. The smallest absolute Gasteiger partial charge is 0.231 e. The van der Waals surface area contributed by atoms with E-state index in [1.807, 2.05) is 0 Å². The molecule has 1 aromatic rings. The van der Waals surface area contributed by atoms with E-state index in [9.17, 15) is 9.90 Å². The Balaban J connectivity index is 1.50. The molecule has 0 bridgehead atoms. The molecule has 3 atom stereocenters. The standard InChI is InChI=1S/C17H23NO5/c1-11(18-16(19)7-5-13-3-2-8-21-13)17(20)12-4-6-14-15(9-12)23-10-22-14/h4,6,9,11,13,17,20H,2-3,5,7-8,10H2,1H3,(H,18,19)/t11-,13+,17-/m0/s1. The van der Waals surface area contributed by atoms with Gasteiger partial charge in [-0.3, -0.25) is 4.79 Å². The maximum absolute atomic E-state index is 12.0. The lowest BCUT2D eigenvalue weighted by atomic mass is 10.0. The van der Waals surface area contributed by atoms with E-state index in [1.165, 1.54) is 0 Å². The van der Waals surface area contributed by atoms with Crippen LogP contribution < -0.4 is 14.8 Å². The van der Waals surface area contributed by atoms with Crippen molar-refractivity contribution in [2.75, 3.05) is 13.4 Å². The van der Waals surface area contributed by atoms with Crippen molar-refractivity contribution in [2.45, 2.75) is 50.9 Å². The largest absolute Gasteiger partial charge is 0.454 e. The predicted octanol–water partition coefficient (Wildman–Crippen LogP) is 1.91. The first-order valence-electron chi connectivity index (χ1n) is 8.12. The Morgan fingerprint density at radius 1 is 1.39 bits per heavy atom. The molecular formula is C17H23NO5. The fraction of sp³-hybridized carbons (Fsp3) is 0.588. The SMILES string of the molecule is C[C@H](NC(=O)CC[C@H]1CCCO1)[C@H](O)c1ccc2c(c1)OCO2. The highest BCUT2D eigenvalue weighted by Crippen LogP contribution is 2.34. The van der Waals surface area contributed by atoms with Crippen molar-refractivity contribution < 1.29 is 24.1 Å². The third-order valence-corrected chi connectivity index (χ3v) is 4.32. The van der Waals surface area contributed by atoms with Gasteiger partial charge < -0.3 is 24.6 Å². The van der Waals surface area contributed by atoms with Crippen LogP contribution >= 0.6 is 0 Å². The molecule has 0 aromatic heterocycles. The van der Waals surface area contributed by atoms with Gasteiger partial charge in [-0.2, -0.15) is 0 Å². The number of hydrogen-bond donors (Lipinski definition) is 2. The molecule has 1 amide bonds. The Morgan fingerprint density at radius 3 is 3.00 bits per heavy atom. The molecule has 6 nitrogen and oxygen atoms in total. The second kappa shape index (κ2) is 7.19. The molecule has 0 saturated carbocycles. The lowest BCUT2D eigenvalue weighted by Gasteiger charge is -2.21. The number of carbonyl (C=O) groups excluding carboxylic acids is 1. The second-order valence-corrected chi connectivity index (χ2v) is 6.09. The highest BCUT2D eigenvalue weighted by Gasteiger charge is 2.23. The van der Waals surface area contributed by atoms with Gasteiger partial charge in [0.25, 0.3) is 0 Å². The zero-order valence-corrected chi connectivity index (χ0v) is 13.3. The van der Waals surface area contributed by atoms with E-state index < -0.39 is 6.10 Å². The molecule has 6 heteroatoms. The Morgan fingerprint density at radius 2 is 2.22 bits per heavy atom. The van der Waals surface area contributed by atoms with Crippen molar-refractivity contribution >= 4 is 5.91 Å². The molecular weight excluding hydrogens is 298 g/mol. The molecule has 0 spiro atoms. The van der Waals surface area contributed by atoms with E-state index in [0.29, 0.717) is 23.5 Å². The Hall–Kier alpha value is -1.79. The number of fused-ring (bicyclic) bond motifs is 1. The number of benzene rings is 1. The number of rotatable bonds is 6. The summed E-state index contributed by atoms with van der Waals surface area (Å²) in [4.78, 5) is 12.0. The Labute approximate surface area is 135 Å². The number of aliphatic hydroxyl groups excluding tert-OH is 1. The van der Waals surface area contributed by atoms with Gasteiger partial charge in [-0.15, -0.1) is 0 Å². The van der Waals surface area contributed by atoms with Gasteiger partial charge in [0.1, 0.15) is 0 Å². The monoisotopic (exact) mass is 321 g/mol. The summed E-state index contributed by atoms with van der Waals surface area (Å²) >= 11 is 0. The molecule has 1 aromatic carbocycles. The van der Waals surface area contributed by atoms with Gasteiger partial charge in [0, 0.05) is 13.0 Å². The van der Waals surface area contributed by atoms with Crippen molar-refractivity contribution in [3.63, 3.8) is 0 Å². The van der Waals surface area contributed by atoms with Crippen molar-refractivity contribution in [3.05, 3.63) is 23.8 Å². The van der Waals surface area contributed by atoms with Crippen LogP contribution in [0.5, 0.6) is 11.5 Å². The third-order valence-electron chi connectivity index (χ3n) is 4.32. The van der Waals surface area contributed by atoms with Crippen molar-refractivity contribution in [3.8, 4) is 11.5 Å². The molecule has 2 heterocycles. The van der Waals surface area contributed by atoms with Crippen molar-refractivity contribution in [1.82, 2.24) is 5.32 Å². The van der Waals surface area contributed by atoms with Crippen LogP contribution in [0, 0.1) is 0 Å². The summed E-state index contributed by atoms with van der Waals surface area (Å²) < 4.78 is 16.1. The lowest BCUT2D eigenvalue weighted by molar-refractivity contribution is -0.123. The van der Waals surface area contributed by atoms with Crippen LogP contribution in [0.2, 0.25) is 0 Å². The summed E-state index contributed by atoms with van der Waals surface area (Å²) in [6.45, 7) is 2.79. The van der Waals surface area contributed by atoms with Gasteiger partial charge >= 0.3 is 0 Å². The molecule has 1 fully saturated rings. The zero-order chi connectivity index (χ0) is 16.2. The number of nitrogens with one attached hydrogen (secondary N) is 1. The molecule has 23 heavy (non-hydrogen) atoms. The maximum Gasteiger partial charge on any atom is 0.231 e. The van der Waals surface area contributed by atoms with Gasteiger partial charge in [-0.05, 0) is 43.9 Å². The maximum atomic E-state index is 12.0. The number of hydrogen-bond acceptors (Lipinski definition) is 5. The van der Waals surface area contributed by atoms with Crippen LogP contribution in [-0.2, 0) is 9.53 Å². The van der Waals surface area contributed by atoms with Crippen LogP contribution in [-0.4, -0.2) is 36.6 Å². The van der Waals surface area contributed by atoms with Crippen molar-refractivity contribution in [2.24, 2.45) is 0 Å². The Kier molecular flexibility index (Phi) is 5.03. The van der Waals surface area contributed by atoms with Crippen LogP contribution in [0.3, 0.4) is 0 Å². The molecule has 0 aliphatic carbocycles. The summed E-state index contributed by atoms with van der Waals surface area (Å²) in [5, 5.41) is 13.3. The minimum atomic E-state index is -0.795. The van der Waals surface area contributed by atoms with E-state index in [1.54, 1.807) is 25.1 Å². The zero-order valence-electron chi connectivity index (χ0n) is 13.3. The molecule has 2 N–H and O–H groups in total. The molecule has 0 radical (unpaired) electrons. The molecule has 126 valence electrons. The molecule has 1 saturated heterocycles. The Bertz CT molecular complexity index is 556.